The van der Waals surface area contributed by atoms with Crippen LogP contribution < -0.4 is 5.32 Å². The molecule has 1 aromatic carbocycles. The van der Waals surface area contributed by atoms with Gasteiger partial charge in [0.1, 0.15) is 18.1 Å². The molecule has 0 radical (unpaired) electrons. The molecular weight excluding hydrogens is 268 g/mol. The molecule has 0 aliphatic carbocycles. The molecule has 5 nitrogen and oxygen atoms in total. The number of aliphatic hydroxyl groups excluding tert-OH is 1. The Balaban J connectivity index is 2.04. The lowest BCUT2D eigenvalue weighted by Gasteiger charge is -2.18. The fourth-order valence-corrected chi connectivity index (χ4v) is 1.98. The number of benzene rings is 1. The molecule has 1 amide bonds. The van der Waals surface area contributed by atoms with E-state index >= 15 is 0 Å². The molecule has 21 heavy (non-hydrogen) atoms. The Labute approximate surface area is 124 Å². The van der Waals surface area contributed by atoms with Gasteiger partial charge in [-0.15, -0.1) is 0 Å². The minimum absolute atomic E-state index is 0.0309. The van der Waals surface area contributed by atoms with Gasteiger partial charge in [-0.25, -0.2) is 0 Å². The minimum atomic E-state index is -0.0972. The molecule has 112 valence electrons. The first-order chi connectivity index (χ1) is 10.1. The maximum Gasteiger partial charge on any atom is 0.219 e. The highest BCUT2D eigenvalue weighted by atomic mass is 16.4. The number of anilines is 1. The standard InChI is InChI=1S/C16H20N2O3/c1-12(20)18(2)10-13-5-3-4-6-16(13)17-9-14-7-8-15(11-19)21-14/h3-8,17,19H,9-11H2,1-2H3. The summed E-state index contributed by atoms with van der Waals surface area (Å²) in [5.74, 6) is 1.34. The van der Waals surface area contributed by atoms with Crippen LogP contribution in [0.2, 0.25) is 0 Å². The molecule has 0 saturated heterocycles. The Hall–Kier alpha value is -2.27. The second kappa shape index (κ2) is 6.95. The highest BCUT2D eigenvalue weighted by Crippen LogP contribution is 2.18. The number of rotatable bonds is 6. The van der Waals surface area contributed by atoms with Crippen molar-refractivity contribution in [3.63, 3.8) is 0 Å². The topological polar surface area (TPSA) is 65.7 Å². The number of nitrogens with one attached hydrogen (secondary N) is 1. The van der Waals surface area contributed by atoms with Gasteiger partial charge in [0, 0.05) is 26.2 Å². The quantitative estimate of drug-likeness (QED) is 0.856. The fourth-order valence-electron chi connectivity index (χ4n) is 1.98. The van der Waals surface area contributed by atoms with Crippen molar-refractivity contribution in [3.05, 3.63) is 53.5 Å². The first-order valence-corrected chi connectivity index (χ1v) is 6.82. The summed E-state index contributed by atoms with van der Waals surface area (Å²) < 4.78 is 5.44. The Kier molecular flexibility index (Phi) is 5.00. The van der Waals surface area contributed by atoms with E-state index in [2.05, 4.69) is 5.32 Å². The summed E-state index contributed by atoms with van der Waals surface area (Å²) in [6, 6.07) is 11.4. The summed E-state index contributed by atoms with van der Waals surface area (Å²) in [6.45, 7) is 2.54. The fraction of sp³-hybridized carbons (Fsp3) is 0.312. The zero-order valence-corrected chi connectivity index (χ0v) is 12.3. The van der Waals surface area contributed by atoms with Crippen LogP contribution in [0.25, 0.3) is 0 Å². The van der Waals surface area contributed by atoms with Gasteiger partial charge in [0.05, 0.1) is 6.54 Å². The molecule has 2 aromatic rings. The van der Waals surface area contributed by atoms with Crippen molar-refractivity contribution in [2.24, 2.45) is 0 Å². The van der Waals surface area contributed by atoms with E-state index in [0.29, 0.717) is 18.8 Å². The van der Waals surface area contributed by atoms with Gasteiger partial charge in [0.15, 0.2) is 0 Å². The first-order valence-electron chi connectivity index (χ1n) is 6.82. The van der Waals surface area contributed by atoms with Gasteiger partial charge in [-0.3, -0.25) is 4.79 Å². The molecule has 0 fully saturated rings. The van der Waals surface area contributed by atoms with Crippen LogP contribution in [0.1, 0.15) is 24.0 Å². The number of furan rings is 1. The van der Waals surface area contributed by atoms with E-state index in [1.807, 2.05) is 30.3 Å². The maximum atomic E-state index is 11.3. The molecule has 2 rings (SSSR count). The molecule has 0 spiro atoms. The summed E-state index contributed by atoms with van der Waals surface area (Å²) >= 11 is 0. The van der Waals surface area contributed by atoms with Gasteiger partial charge in [0.2, 0.25) is 5.91 Å². The lowest BCUT2D eigenvalue weighted by molar-refractivity contribution is -0.128. The molecule has 1 aromatic heterocycles. The van der Waals surface area contributed by atoms with E-state index in [4.69, 9.17) is 9.52 Å². The van der Waals surface area contributed by atoms with Crippen LogP contribution in [0.3, 0.4) is 0 Å². The third-order valence-electron chi connectivity index (χ3n) is 3.29. The molecule has 0 aliphatic rings. The second-order valence-corrected chi connectivity index (χ2v) is 4.91. The molecule has 2 N–H and O–H groups in total. The normalized spacial score (nSPS) is 10.4. The van der Waals surface area contributed by atoms with Crippen molar-refractivity contribution in [1.82, 2.24) is 4.90 Å². The van der Waals surface area contributed by atoms with Crippen LogP contribution in [-0.2, 0) is 24.5 Å². The lowest BCUT2D eigenvalue weighted by atomic mass is 10.1. The van der Waals surface area contributed by atoms with Crippen LogP contribution >= 0.6 is 0 Å². The van der Waals surface area contributed by atoms with Crippen LogP contribution in [0.5, 0.6) is 0 Å². The third kappa shape index (κ3) is 4.10. The number of hydrogen-bond donors (Lipinski definition) is 2. The smallest absolute Gasteiger partial charge is 0.219 e. The van der Waals surface area contributed by atoms with E-state index in [1.165, 1.54) is 0 Å². The molecule has 5 heteroatoms. The van der Waals surface area contributed by atoms with Gasteiger partial charge in [-0.2, -0.15) is 0 Å². The summed E-state index contributed by atoms with van der Waals surface area (Å²) in [7, 11) is 1.78. The monoisotopic (exact) mass is 288 g/mol. The number of para-hydroxylation sites is 1. The van der Waals surface area contributed by atoms with Crippen LogP contribution in [-0.4, -0.2) is 23.0 Å². The number of aliphatic hydroxyl groups is 1. The lowest BCUT2D eigenvalue weighted by Crippen LogP contribution is -2.23. The van der Waals surface area contributed by atoms with Crippen LogP contribution in [0.4, 0.5) is 5.69 Å². The van der Waals surface area contributed by atoms with Gasteiger partial charge >= 0.3 is 0 Å². The van der Waals surface area contributed by atoms with E-state index in [1.54, 1.807) is 24.9 Å². The van der Waals surface area contributed by atoms with Crippen molar-refractivity contribution >= 4 is 11.6 Å². The highest BCUT2D eigenvalue weighted by molar-refractivity contribution is 5.73. The van der Waals surface area contributed by atoms with Crippen molar-refractivity contribution in [2.45, 2.75) is 26.6 Å². The molecule has 0 unspecified atom stereocenters. The number of hydrogen-bond acceptors (Lipinski definition) is 4. The van der Waals surface area contributed by atoms with Crippen molar-refractivity contribution in [1.29, 1.82) is 0 Å². The Bertz CT molecular complexity index is 607. The average molecular weight is 288 g/mol. The van der Waals surface area contributed by atoms with E-state index in [0.717, 1.165) is 17.0 Å². The maximum absolute atomic E-state index is 11.3. The minimum Gasteiger partial charge on any atom is -0.462 e. The van der Waals surface area contributed by atoms with Crippen molar-refractivity contribution in [2.75, 3.05) is 12.4 Å². The summed E-state index contributed by atoms with van der Waals surface area (Å²) in [6.07, 6.45) is 0. The van der Waals surface area contributed by atoms with Crippen LogP contribution in [0, 0.1) is 0 Å². The number of carbonyl (C=O) groups is 1. The molecule has 1 heterocycles. The molecule has 0 atom stereocenters. The summed E-state index contributed by atoms with van der Waals surface area (Å²) in [4.78, 5) is 13.0. The Morgan fingerprint density at radius 3 is 2.62 bits per heavy atom. The predicted octanol–water partition coefficient (Wildman–Crippen LogP) is 2.36. The molecular formula is C16H20N2O3. The predicted molar refractivity (Wildman–Crippen MR) is 80.5 cm³/mol. The van der Waals surface area contributed by atoms with Crippen molar-refractivity contribution < 1.29 is 14.3 Å². The molecule has 0 saturated carbocycles. The zero-order chi connectivity index (χ0) is 15.2. The third-order valence-corrected chi connectivity index (χ3v) is 3.29. The summed E-state index contributed by atoms with van der Waals surface area (Å²) in [5, 5.41) is 12.3. The van der Waals surface area contributed by atoms with Gasteiger partial charge in [-0.05, 0) is 23.8 Å². The molecule has 0 bridgehead atoms. The Morgan fingerprint density at radius 2 is 1.95 bits per heavy atom. The highest BCUT2D eigenvalue weighted by Gasteiger charge is 2.08. The number of nitrogens with zero attached hydrogens (tertiary/aromatic N) is 1. The first kappa shape index (κ1) is 15.1. The zero-order valence-electron chi connectivity index (χ0n) is 12.3. The SMILES string of the molecule is CC(=O)N(C)Cc1ccccc1NCc1ccc(CO)o1. The summed E-state index contributed by atoms with van der Waals surface area (Å²) in [5.41, 5.74) is 2.01. The molecule has 0 aliphatic heterocycles. The number of carbonyl (C=O) groups excluding carboxylic acids is 1. The Morgan fingerprint density at radius 1 is 1.24 bits per heavy atom. The second-order valence-electron chi connectivity index (χ2n) is 4.91. The van der Waals surface area contributed by atoms with Crippen LogP contribution in [0.15, 0.2) is 40.8 Å². The van der Waals surface area contributed by atoms with Crippen molar-refractivity contribution in [3.8, 4) is 0 Å². The van der Waals surface area contributed by atoms with Gasteiger partial charge < -0.3 is 19.7 Å². The van der Waals surface area contributed by atoms with E-state index in [-0.39, 0.29) is 12.5 Å². The van der Waals surface area contributed by atoms with Gasteiger partial charge in [0.25, 0.3) is 0 Å². The average Bonchev–Trinajstić information content (AvgIpc) is 2.94. The largest absolute Gasteiger partial charge is 0.462 e. The van der Waals surface area contributed by atoms with E-state index in [9.17, 15) is 4.79 Å². The van der Waals surface area contributed by atoms with Gasteiger partial charge in [-0.1, -0.05) is 18.2 Å². The number of amides is 1. The van der Waals surface area contributed by atoms with E-state index < -0.39 is 0 Å².